The van der Waals surface area contributed by atoms with Crippen molar-refractivity contribution in [2.45, 2.75) is 32.0 Å². The molecule has 208 valence electrons. The van der Waals surface area contributed by atoms with Crippen LogP contribution in [0.5, 0.6) is 0 Å². The number of pyridine rings is 1. The average Bonchev–Trinajstić information content (AvgIpc) is 2.97. The van der Waals surface area contributed by atoms with Crippen LogP contribution in [0.25, 0.3) is 0 Å². The molecule has 2 aromatic carbocycles. The van der Waals surface area contributed by atoms with E-state index in [1.807, 2.05) is 24.3 Å². The lowest BCUT2D eigenvalue weighted by atomic mass is 10.0. The first-order valence-electron chi connectivity index (χ1n) is 13.5. The van der Waals surface area contributed by atoms with E-state index < -0.39 is 17.5 Å². The normalized spacial score (nSPS) is 17.0. The number of hydrogen-bond acceptors (Lipinski definition) is 6. The highest BCUT2D eigenvalue weighted by atomic mass is 35.5. The summed E-state index contributed by atoms with van der Waals surface area (Å²) in [5, 5.41) is 12.0. The lowest BCUT2D eigenvalue weighted by molar-refractivity contribution is 0.0950. The molecular formula is C30H31ClF2N6O. The van der Waals surface area contributed by atoms with Crippen LogP contribution in [-0.2, 0) is 13.1 Å². The van der Waals surface area contributed by atoms with Gasteiger partial charge in [0.15, 0.2) is 0 Å². The third-order valence-electron chi connectivity index (χ3n) is 7.71. The summed E-state index contributed by atoms with van der Waals surface area (Å²) in [6.07, 6.45) is 3.73. The Labute approximate surface area is 238 Å². The number of hydrogen-bond donors (Lipinski definition) is 1. The molecule has 0 aliphatic carbocycles. The quantitative estimate of drug-likeness (QED) is 0.452. The second-order valence-electron chi connectivity index (χ2n) is 10.3. The van der Waals surface area contributed by atoms with E-state index in [-0.39, 0.29) is 17.7 Å². The zero-order valence-corrected chi connectivity index (χ0v) is 22.9. The van der Waals surface area contributed by atoms with Crippen molar-refractivity contribution in [3.8, 4) is 6.07 Å². The number of carbonyl (C=O) groups is 1. The Hall–Kier alpha value is -3.58. The van der Waals surface area contributed by atoms with Crippen molar-refractivity contribution in [2.24, 2.45) is 0 Å². The van der Waals surface area contributed by atoms with E-state index in [0.717, 1.165) is 70.8 Å². The molecule has 0 atom stereocenters. The lowest BCUT2D eigenvalue weighted by Gasteiger charge is -2.43. The van der Waals surface area contributed by atoms with Gasteiger partial charge >= 0.3 is 0 Å². The number of nitrogens with one attached hydrogen (secondary N) is 1. The summed E-state index contributed by atoms with van der Waals surface area (Å²) in [4.78, 5) is 24.2. The first-order chi connectivity index (χ1) is 19.4. The van der Waals surface area contributed by atoms with Crippen LogP contribution in [-0.4, -0.2) is 66.0 Å². The van der Waals surface area contributed by atoms with Crippen molar-refractivity contribution >= 4 is 23.3 Å². The molecule has 0 unspecified atom stereocenters. The van der Waals surface area contributed by atoms with Gasteiger partial charge in [-0.2, -0.15) is 5.26 Å². The van der Waals surface area contributed by atoms with Gasteiger partial charge in [-0.3, -0.25) is 14.6 Å². The number of rotatable bonds is 7. The van der Waals surface area contributed by atoms with Gasteiger partial charge in [0.25, 0.3) is 5.91 Å². The van der Waals surface area contributed by atoms with Crippen molar-refractivity contribution in [1.82, 2.24) is 20.1 Å². The first-order valence-corrected chi connectivity index (χ1v) is 13.9. The molecule has 3 aromatic rings. The highest BCUT2D eigenvalue weighted by Gasteiger charge is 2.28. The number of nitriles is 1. The van der Waals surface area contributed by atoms with E-state index >= 15 is 0 Å². The largest absolute Gasteiger partial charge is 0.353 e. The molecule has 1 aromatic heterocycles. The third-order valence-corrected chi connectivity index (χ3v) is 7.99. The number of anilines is 1. The third kappa shape index (κ3) is 6.76. The van der Waals surface area contributed by atoms with E-state index in [1.54, 1.807) is 6.07 Å². The van der Waals surface area contributed by atoms with Gasteiger partial charge in [0.2, 0.25) is 0 Å². The van der Waals surface area contributed by atoms with Crippen LogP contribution < -0.4 is 10.2 Å². The van der Waals surface area contributed by atoms with Gasteiger partial charge in [0.05, 0.1) is 22.2 Å². The van der Waals surface area contributed by atoms with Crippen LogP contribution in [0.4, 0.5) is 14.6 Å². The molecule has 40 heavy (non-hydrogen) atoms. The number of benzene rings is 2. The smallest absolute Gasteiger partial charge is 0.253 e. The van der Waals surface area contributed by atoms with Crippen molar-refractivity contribution in [3.63, 3.8) is 0 Å². The number of carbonyl (C=O) groups excluding carboxylic acids is 1. The summed E-state index contributed by atoms with van der Waals surface area (Å²) in [5.74, 6) is -1.15. The standard InChI is InChI=1S/C30H31ClF2N6O/c31-27-15-24(30(40)36-18-23-5-6-25(32)16-28(23)33)19-35-29(27)39-13-11-38(12-14-39)26-7-9-37(10-8-26)20-22-3-1-21(17-34)2-4-22/h1-6,15-16,19,26H,7-14,18,20H2,(H,36,40). The van der Waals surface area contributed by atoms with Crippen molar-refractivity contribution < 1.29 is 13.6 Å². The minimum Gasteiger partial charge on any atom is -0.353 e. The molecule has 0 radical (unpaired) electrons. The Bertz CT molecular complexity index is 1380. The fourth-order valence-corrected chi connectivity index (χ4v) is 5.70. The van der Waals surface area contributed by atoms with E-state index in [9.17, 15) is 13.6 Å². The fraction of sp³-hybridized carbons (Fsp3) is 0.367. The molecule has 0 saturated carbocycles. The van der Waals surface area contributed by atoms with Crippen LogP contribution in [0.1, 0.15) is 39.9 Å². The lowest BCUT2D eigenvalue weighted by Crippen LogP contribution is -2.53. The first kappa shape index (κ1) is 28.0. The number of halogens is 3. The molecular weight excluding hydrogens is 534 g/mol. The molecule has 0 spiro atoms. The van der Waals surface area contributed by atoms with E-state index in [0.29, 0.717) is 22.4 Å². The van der Waals surface area contributed by atoms with Gasteiger partial charge in [-0.25, -0.2) is 13.8 Å². The van der Waals surface area contributed by atoms with Gasteiger partial charge in [-0.15, -0.1) is 0 Å². The minimum atomic E-state index is -0.709. The number of piperazine rings is 1. The summed E-state index contributed by atoms with van der Waals surface area (Å²) >= 11 is 6.53. The van der Waals surface area contributed by atoms with Crippen molar-refractivity contribution in [1.29, 1.82) is 5.26 Å². The number of aromatic nitrogens is 1. The average molecular weight is 565 g/mol. The van der Waals surface area contributed by atoms with Crippen LogP contribution in [0, 0.1) is 23.0 Å². The number of amides is 1. The van der Waals surface area contributed by atoms with Gasteiger partial charge < -0.3 is 10.2 Å². The Morgan fingerprint density at radius 3 is 2.40 bits per heavy atom. The monoisotopic (exact) mass is 564 g/mol. The van der Waals surface area contributed by atoms with Crippen molar-refractivity contribution in [3.05, 3.63) is 93.6 Å². The van der Waals surface area contributed by atoms with Gasteiger partial charge in [-0.1, -0.05) is 29.8 Å². The van der Waals surface area contributed by atoms with Crippen LogP contribution >= 0.6 is 11.6 Å². The second kappa shape index (κ2) is 12.7. The molecule has 7 nitrogen and oxygen atoms in total. The molecule has 10 heteroatoms. The molecule has 0 bridgehead atoms. The number of nitrogens with zero attached hydrogens (tertiary/aromatic N) is 5. The molecule has 2 fully saturated rings. The molecule has 1 amide bonds. The van der Waals surface area contributed by atoms with Crippen LogP contribution in [0.2, 0.25) is 5.02 Å². The highest BCUT2D eigenvalue weighted by Crippen LogP contribution is 2.27. The van der Waals surface area contributed by atoms with Gasteiger partial charge in [-0.05, 0) is 55.8 Å². The Balaban J connectivity index is 1.08. The fourth-order valence-electron chi connectivity index (χ4n) is 5.41. The summed E-state index contributed by atoms with van der Waals surface area (Å²) in [6.45, 7) is 6.38. The summed E-state index contributed by atoms with van der Waals surface area (Å²) in [6, 6.07) is 15.4. The zero-order chi connectivity index (χ0) is 28.1. The predicted molar refractivity (Wildman–Crippen MR) is 150 cm³/mol. The maximum atomic E-state index is 13.8. The molecule has 2 aliphatic heterocycles. The Kier molecular flexibility index (Phi) is 8.90. The van der Waals surface area contributed by atoms with Crippen LogP contribution in [0.15, 0.2) is 54.7 Å². The summed E-state index contributed by atoms with van der Waals surface area (Å²) in [5.41, 5.74) is 2.40. The zero-order valence-electron chi connectivity index (χ0n) is 22.1. The van der Waals surface area contributed by atoms with Crippen molar-refractivity contribution in [2.75, 3.05) is 44.2 Å². The van der Waals surface area contributed by atoms with E-state index in [4.69, 9.17) is 16.9 Å². The maximum Gasteiger partial charge on any atom is 0.253 e. The second-order valence-corrected chi connectivity index (χ2v) is 10.7. The Morgan fingerprint density at radius 1 is 1.02 bits per heavy atom. The molecule has 1 N–H and O–H groups in total. The SMILES string of the molecule is N#Cc1ccc(CN2CCC(N3CCN(c4ncc(C(=O)NCc5ccc(F)cc5F)cc4Cl)CC3)CC2)cc1. The Morgan fingerprint density at radius 2 is 1.75 bits per heavy atom. The number of likely N-dealkylation sites (tertiary alicyclic amines) is 1. The molecule has 3 heterocycles. The van der Waals surface area contributed by atoms with Gasteiger partial charge in [0, 0.05) is 63.1 Å². The maximum absolute atomic E-state index is 13.8. The predicted octanol–water partition coefficient (Wildman–Crippen LogP) is 4.60. The summed E-state index contributed by atoms with van der Waals surface area (Å²) < 4.78 is 26.9. The summed E-state index contributed by atoms with van der Waals surface area (Å²) in [7, 11) is 0. The molecule has 2 saturated heterocycles. The van der Waals surface area contributed by atoms with Crippen LogP contribution in [0.3, 0.4) is 0 Å². The molecule has 5 rings (SSSR count). The van der Waals surface area contributed by atoms with E-state index in [1.165, 1.54) is 17.8 Å². The van der Waals surface area contributed by atoms with Gasteiger partial charge in [0.1, 0.15) is 17.5 Å². The minimum absolute atomic E-state index is 0.0688. The number of piperidine rings is 1. The van der Waals surface area contributed by atoms with E-state index in [2.05, 4.69) is 31.1 Å². The topological polar surface area (TPSA) is 75.5 Å². The molecule has 2 aliphatic rings. The highest BCUT2D eigenvalue weighted by molar-refractivity contribution is 6.33.